The van der Waals surface area contributed by atoms with Crippen molar-refractivity contribution in [3.05, 3.63) is 54.0 Å². The molecule has 2 aromatic carbocycles. The Kier molecular flexibility index (Phi) is 5.66. The lowest BCUT2D eigenvalue weighted by Gasteiger charge is -2.17. The molecule has 0 aliphatic carbocycles. The number of rotatable bonds is 6. The number of nitrogens with two attached hydrogens (primary N) is 1. The van der Waals surface area contributed by atoms with Crippen molar-refractivity contribution in [1.29, 1.82) is 0 Å². The summed E-state index contributed by atoms with van der Waals surface area (Å²) < 4.78 is 32.9. The summed E-state index contributed by atoms with van der Waals surface area (Å²) in [5.41, 5.74) is 6.57. The van der Waals surface area contributed by atoms with Crippen LogP contribution in [0.25, 0.3) is 27.7 Å². The first-order valence-corrected chi connectivity index (χ1v) is 9.42. The number of carboxylic acids is 1. The van der Waals surface area contributed by atoms with Crippen molar-refractivity contribution in [3.63, 3.8) is 0 Å². The second kappa shape index (κ2) is 8.45. The van der Waals surface area contributed by atoms with Gasteiger partial charge in [-0.3, -0.25) is 0 Å². The van der Waals surface area contributed by atoms with Crippen LogP contribution in [-0.2, 0) is 0 Å². The Labute approximate surface area is 185 Å². The highest BCUT2D eigenvalue weighted by atomic mass is 19.3. The van der Waals surface area contributed by atoms with Crippen LogP contribution >= 0.6 is 0 Å². The van der Waals surface area contributed by atoms with E-state index < -0.39 is 19.5 Å². The van der Waals surface area contributed by atoms with Crippen LogP contribution in [0.4, 0.5) is 14.5 Å². The van der Waals surface area contributed by atoms with Gasteiger partial charge in [-0.1, -0.05) is 12.1 Å². The van der Waals surface area contributed by atoms with E-state index in [9.17, 15) is 28.7 Å². The first kappa shape index (κ1) is 22.1. The number of hydrogen-bond acceptors (Lipinski definition) is 8. The summed E-state index contributed by atoms with van der Waals surface area (Å²) in [4.78, 5) is 11.3. The molecule has 5 N–H and O–H groups in total. The standard InChI is InChI=1S/C20H16BF2N5O5/c1-33-15-6-11(21(31)32)5-13(18(15)28-8-10(7-25-28)19(22)23)9-2-3-12-14(4-9)26-27-17(16(12)24)20(29)30/h2-8,19,31-32H,1H3,(H2,24,26)(H,29,30). The minimum atomic E-state index is -2.74. The Balaban J connectivity index is 1.98. The largest absolute Gasteiger partial charge is 0.494 e. The Bertz CT molecular complexity index is 1380. The number of ether oxygens (including phenoxy) is 1. The zero-order valence-electron chi connectivity index (χ0n) is 17.0. The van der Waals surface area contributed by atoms with Gasteiger partial charge in [0.25, 0.3) is 6.43 Å². The van der Waals surface area contributed by atoms with E-state index in [0.29, 0.717) is 16.5 Å². The van der Waals surface area contributed by atoms with Gasteiger partial charge in [-0.15, -0.1) is 10.2 Å². The molecular weight excluding hydrogens is 439 g/mol. The third-order valence-electron chi connectivity index (χ3n) is 5.01. The van der Waals surface area contributed by atoms with Crippen LogP contribution in [0.3, 0.4) is 0 Å². The van der Waals surface area contributed by atoms with Gasteiger partial charge in [-0.25, -0.2) is 18.3 Å². The van der Waals surface area contributed by atoms with E-state index in [2.05, 4.69) is 15.3 Å². The number of carboxylic acid groups (broad SMARTS) is 1. The predicted octanol–water partition coefficient (Wildman–Crippen LogP) is 1.39. The van der Waals surface area contributed by atoms with Gasteiger partial charge < -0.3 is 25.6 Å². The molecule has 0 saturated heterocycles. The third kappa shape index (κ3) is 3.94. The number of carbonyl (C=O) groups is 1. The van der Waals surface area contributed by atoms with E-state index in [0.717, 1.165) is 12.4 Å². The molecule has 0 fully saturated rings. The molecule has 4 rings (SSSR count). The van der Waals surface area contributed by atoms with Crippen LogP contribution in [0.15, 0.2) is 42.7 Å². The highest BCUT2D eigenvalue weighted by molar-refractivity contribution is 6.58. The molecule has 0 radical (unpaired) electrons. The van der Waals surface area contributed by atoms with Crippen molar-refractivity contribution in [1.82, 2.24) is 20.0 Å². The average Bonchev–Trinajstić information content (AvgIpc) is 3.28. The van der Waals surface area contributed by atoms with Gasteiger partial charge in [-0.2, -0.15) is 5.10 Å². The summed E-state index contributed by atoms with van der Waals surface area (Å²) in [5, 5.41) is 40.6. The molecule has 2 aromatic heterocycles. The minimum absolute atomic E-state index is 0.0648. The molecule has 0 amide bonds. The van der Waals surface area contributed by atoms with E-state index >= 15 is 0 Å². The van der Waals surface area contributed by atoms with Crippen molar-refractivity contribution >= 4 is 35.1 Å². The van der Waals surface area contributed by atoms with Gasteiger partial charge in [0.1, 0.15) is 11.4 Å². The summed E-state index contributed by atoms with van der Waals surface area (Å²) in [6, 6.07) is 7.47. The lowest BCUT2D eigenvalue weighted by atomic mass is 9.78. The molecule has 0 spiro atoms. The maximum atomic E-state index is 13.2. The zero-order chi connectivity index (χ0) is 23.9. The van der Waals surface area contributed by atoms with Crippen LogP contribution in [0.2, 0.25) is 0 Å². The second-order valence-corrected chi connectivity index (χ2v) is 7.01. The van der Waals surface area contributed by atoms with Crippen LogP contribution in [0.1, 0.15) is 22.5 Å². The first-order valence-electron chi connectivity index (χ1n) is 9.42. The van der Waals surface area contributed by atoms with Crippen molar-refractivity contribution in [2.45, 2.75) is 6.43 Å². The predicted molar refractivity (Wildman–Crippen MR) is 115 cm³/mol. The van der Waals surface area contributed by atoms with Crippen molar-refractivity contribution < 1.29 is 33.5 Å². The number of anilines is 1. The number of nitrogen functional groups attached to an aromatic ring is 1. The maximum Gasteiger partial charge on any atom is 0.488 e. The smallest absolute Gasteiger partial charge is 0.488 e. The number of benzene rings is 2. The molecule has 168 valence electrons. The summed E-state index contributed by atoms with van der Waals surface area (Å²) in [6.07, 6.45) is -0.587. The quantitative estimate of drug-likeness (QED) is 0.316. The number of halogens is 2. The van der Waals surface area contributed by atoms with Crippen molar-refractivity contribution in [2.75, 3.05) is 12.8 Å². The van der Waals surface area contributed by atoms with Gasteiger partial charge in [0, 0.05) is 17.1 Å². The molecule has 33 heavy (non-hydrogen) atoms. The summed E-state index contributed by atoms with van der Waals surface area (Å²) in [7, 11) is -0.497. The maximum absolute atomic E-state index is 13.2. The number of methoxy groups -OCH3 is 1. The van der Waals surface area contributed by atoms with Gasteiger partial charge in [-0.05, 0) is 29.2 Å². The minimum Gasteiger partial charge on any atom is -0.494 e. The number of hydrogen-bond donors (Lipinski definition) is 4. The van der Waals surface area contributed by atoms with Crippen LogP contribution in [-0.4, -0.2) is 55.3 Å². The molecule has 13 heteroatoms. The summed E-state index contributed by atoms with van der Waals surface area (Å²) >= 11 is 0. The lowest BCUT2D eigenvalue weighted by Crippen LogP contribution is -2.30. The number of alkyl halides is 2. The van der Waals surface area contributed by atoms with Crippen LogP contribution < -0.4 is 15.9 Å². The lowest BCUT2D eigenvalue weighted by molar-refractivity contribution is 0.0690. The Morgan fingerprint density at radius 1 is 1.21 bits per heavy atom. The van der Waals surface area contributed by atoms with Gasteiger partial charge in [0.15, 0.2) is 5.69 Å². The number of fused-ring (bicyclic) bond motifs is 1. The molecule has 0 aliphatic rings. The topological polar surface area (TPSA) is 157 Å². The van der Waals surface area contributed by atoms with Gasteiger partial charge >= 0.3 is 13.1 Å². The number of aromatic carboxylic acids is 1. The third-order valence-corrected chi connectivity index (χ3v) is 5.01. The van der Waals surface area contributed by atoms with Gasteiger partial charge in [0.2, 0.25) is 0 Å². The highest BCUT2D eigenvalue weighted by Gasteiger charge is 2.23. The second-order valence-electron chi connectivity index (χ2n) is 7.01. The van der Waals surface area contributed by atoms with Gasteiger partial charge in [0.05, 0.1) is 30.1 Å². The fraction of sp³-hybridized carbons (Fsp3) is 0.100. The normalized spacial score (nSPS) is 11.2. The molecule has 2 heterocycles. The number of nitrogens with zero attached hydrogens (tertiary/aromatic N) is 4. The van der Waals surface area contributed by atoms with Crippen molar-refractivity contribution in [2.24, 2.45) is 0 Å². The van der Waals surface area contributed by atoms with E-state index in [1.807, 2.05) is 0 Å². The molecule has 4 aromatic rings. The molecular formula is C20H16BF2N5O5. The Hall–Kier alpha value is -4.10. The molecule has 0 bridgehead atoms. The molecule has 0 saturated carbocycles. The van der Waals surface area contributed by atoms with E-state index in [-0.39, 0.29) is 39.4 Å². The summed E-state index contributed by atoms with van der Waals surface area (Å²) in [6.45, 7) is 0. The number of aromatic nitrogens is 4. The molecule has 10 nitrogen and oxygen atoms in total. The zero-order valence-corrected chi connectivity index (χ0v) is 17.0. The van der Waals surface area contributed by atoms with Crippen LogP contribution in [0, 0.1) is 0 Å². The Morgan fingerprint density at radius 2 is 1.97 bits per heavy atom. The van der Waals surface area contributed by atoms with Crippen molar-refractivity contribution in [3.8, 4) is 22.6 Å². The fourth-order valence-corrected chi connectivity index (χ4v) is 3.41. The average molecular weight is 455 g/mol. The molecule has 0 atom stereocenters. The van der Waals surface area contributed by atoms with Crippen LogP contribution in [0.5, 0.6) is 5.75 Å². The fourth-order valence-electron chi connectivity index (χ4n) is 3.41. The monoisotopic (exact) mass is 455 g/mol. The van der Waals surface area contributed by atoms with E-state index in [1.165, 1.54) is 30.0 Å². The summed E-state index contributed by atoms with van der Waals surface area (Å²) in [5.74, 6) is -1.18. The Morgan fingerprint density at radius 3 is 2.58 bits per heavy atom. The molecule has 0 aliphatic heterocycles. The first-order chi connectivity index (χ1) is 15.7. The SMILES string of the molecule is COc1cc(B(O)O)cc(-c2ccc3c(N)c(C(=O)O)nnc3c2)c1-n1cc(C(F)F)cn1. The highest BCUT2D eigenvalue weighted by Crippen LogP contribution is 2.36. The van der Waals surface area contributed by atoms with E-state index in [4.69, 9.17) is 10.5 Å². The van der Waals surface area contributed by atoms with E-state index in [1.54, 1.807) is 12.1 Å². The molecule has 0 unspecified atom stereocenters.